The van der Waals surface area contributed by atoms with Crippen LogP contribution in [0.5, 0.6) is 17.2 Å². The molecule has 0 spiro atoms. The standard InChI is InChI=1S/C24H34O9/c1-8-23(2,3)33-20(26)10-9-19(25)30-13-24(4)14-31-22(32-15-24)21-17(28-6)11-16(27-5)12-18(21)29-7/h9-12,22H,8,13-15H2,1-7H3/b10-9+. The lowest BCUT2D eigenvalue weighted by Gasteiger charge is -2.37. The minimum Gasteiger partial charge on any atom is -0.496 e. The second kappa shape index (κ2) is 11.4. The Morgan fingerprint density at radius 2 is 1.58 bits per heavy atom. The van der Waals surface area contributed by atoms with E-state index in [1.54, 1.807) is 33.1 Å². The Morgan fingerprint density at radius 3 is 2.06 bits per heavy atom. The third-order valence-corrected chi connectivity index (χ3v) is 5.30. The lowest BCUT2D eigenvalue weighted by Crippen LogP contribution is -2.40. The number of ether oxygens (including phenoxy) is 7. The molecule has 9 nitrogen and oxygen atoms in total. The Kier molecular flexibility index (Phi) is 9.13. The highest BCUT2D eigenvalue weighted by Crippen LogP contribution is 2.43. The van der Waals surface area contributed by atoms with Gasteiger partial charge in [-0.2, -0.15) is 0 Å². The van der Waals surface area contributed by atoms with E-state index >= 15 is 0 Å². The SMILES string of the molecule is CCC(C)(C)OC(=O)/C=C/C(=O)OCC1(C)COC(c2c(OC)cc(OC)cc2OC)OC1. The fourth-order valence-electron chi connectivity index (χ4n) is 2.97. The van der Waals surface area contributed by atoms with Gasteiger partial charge in [0.1, 0.15) is 29.5 Å². The molecule has 33 heavy (non-hydrogen) atoms. The predicted octanol–water partition coefficient (Wildman–Crippen LogP) is 3.60. The van der Waals surface area contributed by atoms with E-state index in [-0.39, 0.29) is 19.8 Å². The average Bonchev–Trinajstić information content (AvgIpc) is 2.81. The highest BCUT2D eigenvalue weighted by molar-refractivity contribution is 5.91. The topological polar surface area (TPSA) is 98.8 Å². The second-order valence-corrected chi connectivity index (χ2v) is 8.69. The molecule has 1 fully saturated rings. The number of hydrogen-bond acceptors (Lipinski definition) is 9. The van der Waals surface area contributed by atoms with Crippen molar-refractivity contribution in [1.29, 1.82) is 0 Å². The number of esters is 2. The first-order chi connectivity index (χ1) is 15.6. The molecule has 0 radical (unpaired) electrons. The van der Waals surface area contributed by atoms with E-state index in [1.807, 2.05) is 13.8 Å². The predicted molar refractivity (Wildman–Crippen MR) is 119 cm³/mol. The molecular formula is C24H34O9. The van der Waals surface area contributed by atoms with Gasteiger partial charge < -0.3 is 33.2 Å². The summed E-state index contributed by atoms with van der Waals surface area (Å²) in [6.07, 6.45) is 2.05. The summed E-state index contributed by atoms with van der Waals surface area (Å²) in [5.41, 5.74) is -0.560. The zero-order chi connectivity index (χ0) is 24.6. The van der Waals surface area contributed by atoms with Crippen LogP contribution in [0.25, 0.3) is 0 Å². The number of carbonyl (C=O) groups excluding carboxylic acids is 2. The molecule has 1 aliphatic heterocycles. The van der Waals surface area contributed by atoms with Crippen molar-refractivity contribution in [3.63, 3.8) is 0 Å². The molecule has 0 aliphatic carbocycles. The van der Waals surface area contributed by atoms with Crippen molar-refractivity contribution in [2.75, 3.05) is 41.2 Å². The molecule has 184 valence electrons. The first-order valence-corrected chi connectivity index (χ1v) is 10.7. The summed E-state index contributed by atoms with van der Waals surface area (Å²) >= 11 is 0. The van der Waals surface area contributed by atoms with Crippen molar-refractivity contribution in [1.82, 2.24) is 0 Å². The van der Waals surface area contributed by atoms with Crippen LogP contribution in [-0.4, -0.2) is 58.7 Å². The third-order valence-electron chi connectivity index (χ3n) is 5.30. The molecule has 1 aromatic rings. The fourth-order valence-corrected chi connectivity index (χ4v) is 2.97. The van der Waals surface area contributed by atoms with Crippen LogP contribution in [0.15, 0.2) is 24.3 Å². The van der Waals surface area contributed by atoms with Crippen LogP contribution >= 0.6 is 0 Å². The minimum atomic E-state index is -0.721. The summed E-state index contributed by atoms with van der Waals surface area (Å²) in [5, 5.41) is 0. The van der Waals surface area contributed by atoms with Crippen molar-refractivity contribution in [3.8, 4) is 17.2 Å². The third kappa shape index (κ3) is 7.36. The minimum absolute atomic E-state index is 0.0509. The molecule has 0 unspecified atom stereocenters. The first-order valence-electron chi connectivity index (χ1n) is 10.7. The molecular weight excluding hydrogens is 432 g/mol. The maximum Gasteiger partial charge on any atom is 0.331 e. The van der Waals surface area contributed by atoms with Gasteiger partial charge in [0, 0.05) is 29.7 Å². The van der Waals surface area contributed by atoms with Crippen LogP contribution in [-0.2, 0) is 28.5 Å². The van der Waals surface area contributed by atoms with Gasteiger partial charge in [-0.1, -0.05) is 13.8 Å². The molecule has 1 saturated heterocycles. The summed E-state index contributed by atoms with van der Waals surface area (Å²) in [4.78, 5) is 23.9. The summed E-state index contributed by atoms with van der Waals surface area (Å²) < 4.78 is 38.6. The van der Waals surface area contributed by atoms with Gasteiger partial charge in [-0.3, -0.25) is 0 Å². The Morgan fingerprint density at radius 1 is 1.03 bits per heavy atom. The van der Waals surface area contributed by atoms with Crippen LogP contribution in [0.1, 0.15) is 46.0 Å². The molecule has 0 bridgehead atoms. The first kappa shape index (κ1) is 26.5. The molecule has 1 aromatic carbocycles. The van der Waals surface area contributed by atoms with Crippen molar-refractivity contribution in [2.24, 2.45) is 5.41 Å². The molecule has 0 saturated carbocycles. The molecule has 0 amide bonds. The monoisotopic (exact) mass is 466 g/mol. The van der Waals surface area contributed by atoms with Crippen LogP contribution in [0.2, 0.25) is 0 Å². The molecule has 9 heteroatoms. The van der Waals surface area contributed by atoms with Gasteiger partial charge in [-0.15, -0.1) is 0 Å². The van der Waals surface area contributed by atoms with E-state index in [0.717, 1.165) is 12.2 Å². The lowest BCUT2D eigenvalue weighted by atomic mass is 9.93. The van der Waals surface area contributed by atoms with Crippen molar-refractivity contribution in [3.05, 3.63) is 29.8 Å². The Hall–Kier alpha value is -2.78. The second-order valence-electron chi connectivity index (χ2n) is 8.69. The lowest BCUT2D eigenvalue weighted by molar-refractivity contribution is -0.239. The maximum atomic E-state index is 12.0. The molecule has 0 aromatic heterocycles. The van der Waals surface area contributed by atoms with E-state index in [0.29, 0.717) is 29.2 Å². The molecule has 1 heterocycles. The summed E-state index contributed by atoms with van der Waals surface area (Å²) in [5.74, 6) is 0.349. The van der Waals surface area contributed by atoms with Crippen LogP contribution in [0.3, 0.4) is 0 Å². The number of rotatable bonds is 10. The quantitative estimate of drug-likeness (QED) is 0.378. The van der Waals surface area contributed by atoms with Crippen molar-refractivity contribution in [2.45, 2.75) is 46.0 Å². The zero-order valence-electron chi connectivity index (χ0n) is 20.4. The largest absolute Gasteiger partial charge is 0.496 e. The van der Waals surface area contributed by atoms with Crippen LogP contribution in [0.4, 0.5) is 0 Å². The summed E-state index contributed by atoms with van der Waals surface area (Å²) in [7, 11) is 4.63. The van der Waals surface area contributed by atoms with Gasteiger partial charge in [0.2, 0.25) is 0 Å². The van der Waals surface area contributed by atoms with Gasteiger partial charge in [-0.25, -0.2) is 9.59 Å². The highest BCUT2D eigenvalue weighted by Gasteiger charge is 2.37. The Balaban J connectivity index is 1.94. The van der Waals surface area contributed by atoms with E-state index in [2.05, 4.69) is 0 Å². The van der Waals surface area contributed by atoms with Gasteiger partial charge in [-0.05, 0) is 20.3 Å². The number of methoxy groups -OCH3 is 3. The molecule has 0 N–H and O–H groups in total. The normalized spacial score (nSPS) is 20.9. The number of benzene rings is 1. The fraction of sp³-hybridized carbons (Fsp3) is 0.583. The smallest absolute Gasteiger partial charge is 0.331 e. The zero-order valence-corrected chi connectivity index (χ0v) is 20.4. The van der Waals surface area contributed by atoms with E-state index in [9.17, 15) is 9.59 Å². The molecule has 1 aliphatic rings. The van der Waals surface area contributed by atoms with E-state index in [1.165, 1.54) is 14.2 Å². The van der Waals surface area contributed by atoms with Gasteiger partial charge in [0.05, 0.1) is 40.1 Å². The average molecular weight is 467 g/mol. The number of hydrogen-bond donors (Lipinski definition) is 0. The van der Waals surface area contributed by atoms with Crippen LogP contribution < -0.4 is 14.2 Å². The maximum absolute atomic E-state index is 12.0. The van der Waals surface area contributed by atoms with Gasteiger partial charge in [0.15, 0.2) is 6.29 Å². The van der Waals surface area contributed by atoms with Gasteiger partial charge >= 0.3 is 11.9 Å². The van der Waals surface area contributed by atoms with Crippen molar-refractivity contribution >= 4 is 11.9 Å². The molecule has 2 rings (SSSR count). The summed E-state index contributed by atoms with van der Waals surface area (Å²) in [6.45, 7) is 7.96. The van der Waals surface area contributed by atoms with E-state index in [4.69, 9.17) is 33.2 Å². The Bertz CT molecular complexity index is 826. The molecule has 0 atom stereocenters. The van der Waals surface area contributed by atoms with Crippen molar-refractivity contribution < 1.29 is 42.7 Å². The highest BCUT2D eigenvalue weighted by atomic mass is 16.7. The Labute approximate surface area is 194 Å². The summed E-state index contributed by atoms with van der Waals surface area (Å²) in [6, 6.07) is 3.44. The van der Waals surface area contributed by atoms with Gasteiger partial charge in [0.25, 0.3) is 0 Å². The van der Waals surface area contributed by atoms with Crippen LogP contribution in [0, 0.1) is 5.41 Å². The number of carbonyl (C=O) groups is 2. The van der Waals surface area contributed by atoms with E-state index < -0.39 is 29.2 Å².